The third kappa shape index (κ3) is 4.21. The Morgan fingerprint density at radius 1 is 1.00 bits per heavy atom. The van der Waals surface area contributed by atoms with Crippen molar-refractivity contribution in [1.29, 1.82) is 0 Å². The summed E-state index contributed by atoms with van der Waals surface area (Å²) in [5.41, 5.74) is -0.381. The van der Waals surface area contributed by atoms with E-state index >= 15 is 0 Å². The number of carbonyl (C=O) groups excluding carboxylic acids is 2. The molecule has 0 radical (unpaired) electrons. The monoisotopic (exact) mass is 292 g/mol. The molecule has 0 aliphatic rings. The molecule has 9 heteroatoms. The number of methoxy groups -OCH3 is 2. The lowest BCUT2D eigenvalue weighted by Crippen LogP contribution is -2.09. The average Bonchev–Trinajstić information content (AvgIpc) is 2.34. The molecule has 0 spiro atoms. The highest BCUT2D eigenvalue weighted by Crippen LogP contribution is 2.20. The van der Waals surface area contributed by atoms with E-state index in [2.05, 4.69) is 13.7 Å². The molecular weight excluding hydrogens is 283 g/mol. The molecule has 1 aromatic carbocycles. The van der Waals surface area contributed by atoms with Crippen molar-refractivity contribution in [3.05, 3.63) is 29.3 Å². The average molecular weight is 292 g/mol. The van der Waals surface area contributed by atoms with Crippen LogP contribution in [0.25, 0.3) is 0 Å². The quantitative estimate of drug-likeness (QED) is 0.599. The van der Waals surface area contributed by atoms with E-state index in [1.807, 2.05) is 0 Å². The number of halogens is 1. The van der Waals surface area contributed by atoms with E-state index in [-0.39, 0.29) is 11.1 Å². The van der Waals surface area contributed by atoms with Gasteiger partial charge in [-0.05, 0) is 18.2 Å². The van der Waals surface area contributed by atoms with E-state index in [4.69, 9.17) is 0 Å². The molecule has 0 saturated carbocycles. The minimum absolute atomic E-state index is 0.191. The molecule has 0 fully saturated rings. The fourth-order valence-corrected chi connectivity index (χ4v) is 1.56. The number of carbonyl (C=O) groups is 2. The van der Waals surface area contributed by atoms with Crippen molar-refractivity contribution < 1.29 is 35.5 Å². The Hall–Kier alpha value is -2.16. The Labute approximate surface area is 108 Å². The van der Waals surface area contributed by atoms with Crippen LogP contribution < -0.4 is 4.18 Å². The van der Waals surface area contributed by atoms with Crippen LogP contribution in [0.4, 0.5) is 3.89 Å². The molecule has 0 unspecified atom stereocenters. The van der Waals surface area contributed by atoms with Crippen LogP contribution in [0.1, 0.15) is 20.7 Å². The van der Waals surface area contributed by atoms with Crippen LogP contribution in [0, 0.1) is 0 Å². The van der Waals surface area contributed by atoms with Crippen molar-refractivity contribution in [2.75, 3.05) is 14.2 Å². The fourth-order valence-electron chi connectivity index (χ4n) is 1.23. The molecule has 0 aliphatic carbocycles. The van der Waals surface area contributed by atoms with Gasteiger partial charge in [0.25, 0.3) is 0 Å². The van der Waals surface area contributed by atoms with Crippen molar-refractivity contribution in [3.8, 4) is 5.75 Å². The predicted molar refractivity (Wildman–Crippen MR) is 59.8 cm³/mol. The van der Waals surface area contributed by atoms with Gasteiger partial charge in [0.1, 0.15) is 5.75 Å². The van der Waals surface area contributed by atoms with E-state index in [0.717, 1.165) is 32.4 Å². The molecule has 1 aromatic rings. The van der Waals surface area contributed by atoms with Crippen molar-refractivity contribution >= 4 is 22.4 Å². The number of benzene rings is 1. The van der Waals surface area contributed by atoms with Gasteiger partial charge >= 0.3 is 22.4 Å². The Morgan fingerprint density at radius 2 is 1.42 bits per heavy atom. The van der Waals surface area contributed by atoms with Gasteiger partial charge in [0.2, 0.25) is 0 Å². The van der Waals surface area contributed by atoms with Crippen LogP contribution >= 0.6 is 0 Å². The van der Waals surface area contributed by atoms with Gasteiger partial charge in [-0.3, -0.25) is 0 Å². The van der Waals surface area contributed by atoms with Crippen molar-refractivity contribution in [1.82, 2.24) is 0 Å². The van der Waals surface area contributed by atoms with E-state index in [1.54, 1.807) is 0 Å². The minimum atomic E-state index is -5.28. The summed E-state index contributed by atoms with van der Waals surface area (Å²) >= 11 is 0. The van der Waals surface area contributed by atoms with Gasteiger partial charge in [-0.15, -0.1) is 0 Å². The standard InChI is InChI=1S/C10H9FO7S/c1-16-9(12)6-3-7(10(13)17-2)5-8(4-6)18-19(11,14)15/h3-5H,1-2H3. The van der Waals surface area contributed by atoms with E-state index in [0.29, 0.717) is 0 Å². The maximum atomic E-state index is 12.4. The second kappa shape index (κ2) is 5.65. The van der Waals surface area contributed by atoms with Gasteiger partial charge in [0.15, 0.2) is 0 Å². The molecule has 0 atom stereocenters. The first-order valence-corrected chi connectivity index (χ1v) is 6.03. The molecule has 0 aromatic heterocycles. The lowest BCUT2D eigenvalue weighted by molar-refractivity contribution is 0.0598. The number of rotatable bonds is 4. The van der Waals surface area contributed by atoms with E-state index in [9.17, 15) is 21.9 Å². The van der Waals surface area contributed by atoms with Crippen LogP contribution in [-0.2, 0) is 20.0 Å². The zero-order valence-electron chi connectivity index (χ0n) is 9.88. The molecule has 19 heavy (non-hydrogen) atoms. The van der Waals surface area contributed by atoms with Crippen LogP contribution in [0.15, 0.2) is 18.2 Å². The fraction of sp³-hybridized carbons (Fsp3) is 0.200. The predicted octanol–water partition coefficient (Wildman–Crippen LogP) is 0.853. The molecule has 1 rings (SSSR count). The Balaban J connectivity index is 3.31. The summed E-state index contributed by atoms with van der Waals surface area (Å²) in [5.74, 6) is -2.26. The Morgan fingerprint density at radius 3 is 1.74 bits per heavy atom. The molecule has 0 saturated heterocycles. The highest BCUT2D eigenvalue weighted by atomic mass is 32.3. The first-order chi connectivity index (χ1) is 8.76. The smallest absolute Gasteiger partial charge is 0.465 e. The molecule has 7 nitrogen and oxygen atoms in total. The third-order valence-corrected chi connectivity index (χ3v) is 2.34. The lowest BCUT2D eigenvalue weighted by Gasteiger charge is -2.06. The van der Waals surface area contributed by atoms with Gasteiger partial charge < -0.3 is 13.7 Å². The molecule has 104 valence electrons. The largest absolute Gasteiger partial charge is 0.488 e. The maximum Gasteiger partial charge on any atom is 0.488 e. The lowest BCUT2D eigenvalue weighted by atomic mass is 10.1. The number of ether oxygens (including phenoxy) is 2. The topological polar surface area (TPSA) is 96.0 Å². The van der Waals surface area contributed by atoms with Crippen molar-refractivity contribution in [2.45, 2.75) is 0 Å². The molecule has 0 heterocycles. The van der Waals surface area contributed by atoms with Gasteiger partial charge in [0, 0.05) is 0 Å². The van der Waals surface area contributed by atoms with E-state index < -0.39 is 28.2 Å². The minimum Gasteiger partial charge on any atom is -0.465 e. The number of esters is 2. The third-order valence-electron chi connectivity index (χ3n) is 1.94. The normalized spacial score (nSPS) is 10.7. The van der Waals surface area contributed by atoms with E-state index in [1.165, 1.54) is 0 Å². The van der Waals surface area contributed by atoms with Crippen molar-refractivity contribution in [3.63, 3.8) is 0 Å². The summed E-state index contributed by atoms with van der Waals surface area (Å²) in [6.07, 6.45) is 0. The zero-order valence-corrected chi connectivity index (χ0v) is 10.7. The SMILES string of the molecule is COC(=O)c1cc(OS(=O)(=O)F)cc(C(=O)OC)c1. The summed E-state index contributed by atoms with van der Waals surface area (Å²) < 4.78 is 45.9. The highest BCUT2D eigenvalue weighted by Gasteiger charge is 2.17. The van der Waals surface area contributed by atoms with Gasteiger partial charge in [-0.1, -0.05) is 3.89 Å². The van der Waals surface area contributed by atoms with Gasteiger partial charge in [-0.25, -0.2) is 9.59 Å². The summed E-state index contributed by atoms with van der Waals surface area (Å²) in [6, 6.07) is 2.92. The number of hydrogen-bond acceptors (Lipinski definition) is 7. The summed E-state index contributed by atoms with van der Waals surface area (Å²) in [4.78, 5) is 22.6. The highest BCUT2D eigenvalue weighted by molar-refractivity contribution is 7.81. The van der Waals surface area contributed by atoms with Crippen LogP contribution in [-0.4, -0.2) is 34.6 Å². The summed E-state index contributed by atoms with van der Waals surface area (Å²) in [6.45, 7) is 0. The Kier molecular flexibility index (Phi) is 4.43. The molecule has 0 aliphatic heterocycles. The first-order valence-electron chi connectivity index (χ1n) is 4.72. The zero-order chi connectivity index (χ0) is 14.6. The molecule has 0 N–H and O–H groups in total. The van der Waals surface area contributed by atoms with Gasteiger partial charge in [0.05, 0.1) is 25.3 Å². The van der Waals surface area contributed by atoms with Gasteiger partial charge in [-0.2, -0.15) is 8.42 Å². The number of hydrogen-bond donors (Lipinski definition) is 0. The second-order valence-corrected chi connectivity index (χ2v) is 4.16. The maximum absolute atomic E-state index is 12.4. The second-order valence-electron chi connectivity index (χ2n) is 3.21. The molecule has 0 amide bonds. The molecular formula is C10H9FO7S. The van der Waals surface area contributed by atoms with Crippen LogP contribution in [0.5, 0.6) is 5.75 Å². The summed E-state index contributed by atoms with van der Waals surface area (Å²) in [7, 11) is -3.11. The van der Waals surface area contributed by atoms with Crippen molar-refractivity contribution in [2.24, 2.45) is 0 Å². The summed E-state index contributed by atoms with van der Waals surface area (Å²) in [5, 5.41) is 0. The van der Waals surface area contributed by atoms with Crippen LogP contribution in [0.2, 0.25) is 0 Å². The Bertz CT molecular complexity index is 574. The molecule has 0 bridgehead atoms. The first kappa shape index (κ1) is 14.9. The van der Waals surface area contributed by atoms with Crippen LogP contribution in [0.3, 0.4) is 0 Å².